The van der Waals surface area contributed by atoms with Gasteiger partial charge in [0.25, 0.3) is 0 Å². The van der Waals surface area contributed by atoms with Crippen LogP contribution in [-0.4, -0.2) is 45.6 Å². The minimum Gasteiger partial charge on any atom is -0.508 e. The molecule has 4 rings (SSSR count). The number of aromatic amines is 1. The number of phenols is 1. The number of alkyl halides is 3. The summed E-state index contributed by atoms with van der Waals surface area (Å²) < 4.78 is 43.4. The van der Waals surface area contributed by atoms with E-state index in [1.807, 2.05) is 18.9 Å². The van der Waals surface area contributed by atoms with Gasteiger partial charge in [-0.25, -0.2) is 4.98 Å². The first kappa shape index (κ1) is 28.0. The number of halogens is 3. The molecule has 4 aromatic rings. The number of anilines is 1. The summed E-state index contributed by atoms with van der Waals surface area (Å²) in [6, 6.07) is 17.0. The van der Waals surface area contributed by atoms with Crippen LogP contribution in [0.2, 0.25) is 0 Å². The van der Waals surface area contributed by atoms with Crippen molar-refractivity contribution in [3.05, 3.63) is 77.6 Å². The molecular weight excluding hydrogens is 505 g/mol. The Kier molecular flexibility index (Phi) is 7.37. The second kappa shape index (κ2) is 10.3. The molecule has 204 valence electrons. The summed E-state index contributed by atoms with van der Waals surface area (Å²) in [4.78, 5) is 9.23. The lowest BCUT2D eigenvalue weighted by atomic mass is 9.72. The Bertz CT molecular complexity index is 1540. The number of aromatic hydroxyl groups is 1. The first-order valence-electron chi connectivity index (χ1n) is 12.6. The molecule has 39 heavy (non-hydrogen) atoms. The number of pyridine rings is 1. The number of H-pyrrole nitrogens is 1. The largest absolute Gasteiger partial charge is 0.508 e. The molecule has 0 fully saturated rings. The zero-order valence-corrected chi connectivity index (χ0v) is 22.3. The summed E-state index contributed by atoms with van der Waals surface area (Å²) >= 11 is 0. The van der Waals surface area contributed by atoms with Crippen LogP contribution in [0.4, 0.5) is 19.0 Å². The lowest BCUT2D eigenvalue weighted by molar-refractivity contribution is -0.266. The van der Waals surface area contributed by atoms with Gasteiger partial charge in [-0.3, -0.25) is 0 Å². The first-order chi connectivity index (χ1) is 18.3. The predicted molar refractivity (Wildman–Crippen MR) is 146 cm³/mol. The molecule has 1 unspecified atom stereocenters. The fraction of sp³-hybridized carbons (Fsp3) is 0.333. The number of hydrogen-bond donors (Lipinski definition) is 3. The van der Waals surface area contributed by atoms with E-state index in [4.69, 9.17) is 0 Å². The lowest BCUT2D eigenvalue weighted by Gasteiger charge is -2.38. The third-order valence-corrected chi connectivity index (χ3v) is 7.24. The van der Waals surface area contributed by atoms with Crippen LogP contribution in [-0.2, 0) is 11.8 Å². The molecule has 0 saturated carbocycles. The molecule has 9 heteroatoms. The van der Waals surface area contributed by atoms with Crippen LogP contribution >= 0.6 is 0 Å². The third-order valence-electron chi connectivity index (χ3n) is 7.24. The van der Waals surface area contributed by atoms with Gasteiger partial charge in [-0.15, -0.1) is 0 Å². The number of phenolic OH excluding ortho intramolecular Hbond substituents is 1. The smallest absolute Gasteiger partial charge is 0.417 e. The van der Waals surface area contributed by atoms with Crippen LogP contribution in [0.5, 0.6) is 5.75 Å². The van der Waals surface area contributed by atoms with Crippen LogP contribution in [0.25, 0.3) is 22.0 Å². The minimum atomic E-state index is -4.95. The molecular formula is C30H31F3N4O2. The molecule has 0 aliphatic rings. The maximum absolute atomic E-state index is 14.5. The van der Waals surface area contributed by atoms with Crippen LogP contribution in [0.3, 0.4) is 0 Å². The van der Waals surface area contributed by atoms with Gasteiger partial charge in [0.05, 0.1) is 23.3 Å². The van der Waals surface area contributed by atoms with Gasteiger partial charge in [-0.05, 0) is 60.2 Å². The fourth-order valence-corrected chi connectivity index (χ4v) is 5.03. The Morgan fingerprint density at radius 1 is 1.08 bits per heavy atom. The molecule has 0 amide bonds. The molecule has 0 saturated heterocycles. The Hall–Kier alpha value is -4.03. The van der Waals surface area contributed by atoms with Crippen molar-refractivity contribution in [2.75, 3.05) is 18.5 Å². The van der Waals surface area contributed by atoms with E-state index in [-0.39, 0.29) is 17.0 Å². The highest BCUT2D eigenvalue weighted by Gasteiger charge is 2.56. The van der Waals surface area contributed by atoms with E-state index in [1.165, 1.54) is 6.07 Å². The normalized spacial score (nSPS) is 13.7. The number of rotatable bonds is 8. The number of aromatic nitrogens is 2. The molecule has 0 radical (unpaired) electrons. The SMILES string of the molecule is CCN(C)c1cc2cc(CC(O)(CC(C)(C)c3cc(-c4ccccc4C#N)ccc3O)C(F)(F)F)[nH]c2cn1. The van der Waals surface area contributed by atoms with E-state index in [2.05, 4.69) is 16.0 Å². The molecule has 0 spiro atoms. The monoisotopic (exact) mass is 536 g/mol. The van der Waals surface area contributed by atoms with E-state index >= 15 is 0 Å². The highest BCUT2D eigenvalue weighted by Crippen LogP contribution is 2.46. The van der Waals surface area contributed by atoms with Gasteiger partial charge < -0.3 is 20.1 Å². The Balaban J connectivity index is 1.70. The Labute approximate surface area is 225 Å². The van der Waals surface area contributed by atoms with Gasteiger partial charge in [0.1, 0.15) is 11.6 Å². The number of benzene rings is 2. The topological polar surface area (TPSA) is 96.2 Å². The van der Waals surface area contributed by atoms with Crippen molar-refractivity contribution in [2.24, 2.45) is 0 Å². The molecule has 6 nitrogen and oxygen atoms in total. The van der Waals surface area contributed by atoms with Crippen LogP contribution in [0.15, 0.2) is 60.8 Å². The quantitative estimate of drug-likeness (QED) is 0.240. The molecule has 2 heterocycles. The number of nitrogens with zero attached hydrogens (tertiary/aromatic N) is 3. The zero-order chi connectivity index (χ0) is 28.6. The van der Waals surface area contributed by atoms with Gasteiger partial charge in [0, 0.05) is 36.7 Å². The highest BCUT2D eigenvalue weighted by atomic mass is 19.4. The maximum atomic E-state index is 14.5. The fourth-order valence-electron chi connectivity index (χ4n) is 5.03. The molecule has 0 aliphatic heterocycles. The van der Waals surface area contributed by atoms with E-state index in [9.17, 15) is 28.6 Å². The van der Waals surface area contributed by atoms with Crippen molar-refractivity contribution in [1.29, 1.82) is 5.26 Å². The number of aliphatic hydroxyl groups is 1. The predicted octanol–water partition coefficient (Wildman–Crippen LogP) is 6.47. The molecule has 2 aromatic heterocycles. The molecule has 3 N–H and O–H groups in total. The van der Waals surface area contributed by atoms with E-state index in [0.717, 1.165) is 6.54 Å². The van der Waals surface area contributed by atoms with Gasteiger partial charge in [0.15, 0.2) is 5.60 Å². The Morgan fingerprint density at radius 3 is 2.46 bits per heavy atom. The summed E-state index contributed by atoms with van der Waals surface area (Å²) in [5.74, 6) is 0.503. The van der Waals surface area contributed by atoms with Crippen molar-refractivity contribution in [1.82, 2.24) is 9.97 Å². The van der Waals surface area contributed by atoms with Crippen LogP contribution in [0, 0.1) is 11.3 Å². The highest BCUT2D eigenvalue weighted by molar-refractivity contribution is 5.82. The number of fused-ring (bicyclic) bond motifs is 1. The number of nitrogens with one attached hydrogen (secondary N) is 1. The van der Waals surface area contributed by atoms with Crippen molar-refractivity contribution >= 4 is 16.7 Å². The average molecular weight is 537 g/mol. The summed E-state index contributed by atoms with van der Waals surface area (Å²) in [7, 11) is 1.87. The third kappa shape index (κ3) is 5.57. The maximum Gasteiger partial charge on any atom is 0.417 e. The van der Waals surface area contributed by atoms with Crippen molar-refractivity contribution < 1.29 is 23.4 Å². The van der Waals surface area contributed by atoms with Gasteiger partial charge >= 0.3 is 6.18 Å². The van der Waals surface area contributed by atoms with E-state index in [1.54, 1.807) is 68.6 Å². The molecule has 0 bridgehead atoms. The number of nitriles is 1. The summed E-state index contributed by atoms with van der Waals surface area (Å²) in [6.07, 6.45) is -4.79. The number of hydrogen-bond acceptors (Lipinski definition) is 5. The van der Waals surface area contributed by atoms with Gasteiger partial charge in [-0.1, -0.05) is 38.1 Å². The lowest BCUT2D eigenvalue weighted by Crippen LogP contribution is -2.50. The standard InChI is InChI=1S/C30H31F3N4O2/c1-5-37(4)27-14-21-12-22(36-25(21)17-35-27)15-29(39,30(31,32)33)18-28(2,3)24-13-19(10-11-26(24)38)23-9-7-6-8-20(23)16-34/h6-14,17,36,38-39H,5,15,18H2,1-4H3. The minimum absolute atomic E-state index is 0.188. The van der Waals surface area contributed by atoms with Crippen LogP contribution in [0.1, 0.15) is 44.0 Å². The van der Waals surface area contributed by atoms with Crippen molar-refractivity contribution in [3.63, 3.8) is 0 Å². The molecule has 2 aromatic carbocycles. The summed E-state index contributed by atoms with van der Waals surface area (Å²) in [6.45, 7) is 5.80. The second-order valence-electron chi connectivity index (χ2n) is 10.6. The van der Waals surface area contributed by atoms with Crippen molar-refractivity contribution in [3.8, 4) is 22.9 Å². The summed E-state index contributed by atoms with van der Waals surface area (Å²) in [5, 5.41) is 32.0. The van der Waals surface area contributed by atoms with E-state index in [0.29, 0.717) is 33.4 Å². The Morgan fingerprint density at radius 2 is 1.79 bits per heavy atom. The van der Waals surface area contributed by atoms with Gasteiger partial charge in [-0.2, -0.15) is 18.4 Å². The zero-order valence-electron chi connectivity index (χ0n) is 22.3. The van der Waals surface area contributed by atoms with E-state index < -0.39 is 30.0 Å². The first-order valence-corrected chi connectivity index (χ1v) is 12.6. The molecule has 0 aliphatic carbocycles. The summed E-state index contributed by atoms with van der Waals surface area (Å²) in [5.41, 5.74) is -1.77. The van der Waals surface area contributed by atoms with Gasteiger partial charge in [0.2, 0.25) is 0 Å². The average Bonchev–Trinajstić information content (AvgIpc) is 3.28. The van der Waals surface area contributed by atoms with Crippen molar-refractivity contribution in [2.45, 2.75) is 50.8 Å². The van der Waals surface area contributed by atoms with Crippen LogP contribution < -0.4 is 4.90 Å². The second-order valence-corrected chi connectivity index (χ2v) is 10.6. The molecule has 1 atom stereocenters.